The Kier molecular flexibility index (Phi) is 2.06. The van der Waals surface area contributed by atoms with Crippen LogP contribution in [0, 0.1) is 23.7 Å². The van der Waals surface area contributed by atoms with Crippen LogP contribution in [0.2, 0.25) is 0 Å². The lowest BCUT2D eigenvalue weighted by Crippen LogP contribution is -2.24. The molecule has 3 aliphatic rings. The minimum Gasteiger partial charge on any atom is -0.121 e. The molecule has 0 N–H and O–H groups in total. The van der Waals surface area contributed by atoms with Gasteiger partial charge in [-0.05, 0) is 42.9 Å². The van der Waals surface area contributed by atoms with Gasteiger partial charge in [0, 0.05) is 0 Å². The molecule has 6 atom stereocenters. The maximum Gasteiger partial charge on any atom is 0.0669 e. The molecule has 0 aromatic heterocycles. The van der Waals surface area contributed by atoms with Crippen LogP contribution in [0.1, 0.15) is 19.3 Å². The highest BCUT2D eigenvalue weighted by Crippen LogP contribution is 2.61. The Balaban J connectivity index is 1.94. The fraction of sp³-hybridized carbons (Fsp3) is 1.00. The van der Waals surface area contributed by atoms with Crippen molar-refractivity contribution in [2.45, 2.75) is 35.4 Å². The molecule has 0 radical (unpaired) electrons. The minimum atomic E-state index is 0.00160. The third-order valence-corrected chi connectivity index (χ3v) is 6.32. The second-order valence-corrected chi connectivity index (χ2v) is 6.33. The third kappa shape index (κ3) is 1.06. The molecule has 74 valence electrons. The van der Waals surface area contributed by atoms with Gasteiger partial charge in [0.05, 0.1) is 16.1 Å². The molecule has 3 fully saturated rings. The molecule has 0 aromatic rings. The summed E-state index contributed by atoms with van der Waals surface area (Å²) in [6.07, 6.45) is 4.09. The second-order valence-electron chi connectivity index (χ2n) is 4.82. The highest BCUT2D eigenvalue weighted by molar-refractivity contribution is 6.36. The van der Waals surface area contributed by atoms with E-state index >= 15 is 0 Å². The average molecular weight is 240 g/mol. The van der Waals surface area contributed by atoms with Crippen LogP contribution < -0.4 is 0 Å². The largest absolute Gasteiger partial charge is 0.121 e. The quantitative estimate of drug-likeness (QED) is 0.568. The van der Waals surface area contributed by atoms with Gasteiger partial charge in [-0.1, -0.05) is 0 Å². The third-order valence-electron chi connectivity index (χ3n) is 4.39. The molecule has 0 nitrogen and oxygen atoms in total. The van der Waals surface area contributed by atoms with Gasteiger partial charge in [0.2, 0.25) is 0 Å². The first-order valence-electron chi connectivity index (χ1n) is 5.12. The molecule has 0 saturated heterocycles. The summed E-state index contributed by atoms with van der Waals surface area (Å²) < 4.78 is 0. The lowest BCUT2D eigenvalue weighted by molar-refractivity contribution is 0.264. The summed E-state index contributed by atoms with van der Waals surface area (Å²) in [7, 11) is 0. The zero-order valence-electron chi connectivity index (χ0n) is 7.30. The van der Waals surface area contributed by atoms with Crippen molar-refractivity contribution in [1.29, 1.82) is 0 Å². The SMILES string of the molecule is ClC1C(Cl)C2C3CCC(C3)C2C1Cl. The van der Waals surface area contributed by atoms with Gasteiger partial charge in [0.1, 0.15) is 0 Å². The second kappa shape index (κ2) is 2.93. The van der Waals surface area contributed by atoms with Crippen molar-refractivity contribution in [3.8, 4) is 0 Å². The Morgan fingerprint density at radius 1 is 0.692 bits per heavy atom. The first-order chi connectivity index (χ1) is 6.20. The summed E-state index contributed by atoms with van der Waals surface area (Å²) >= 11 is 18.9. The summed E-state index contributed by atoms with van der Waals surface area (Å²) in [6.45, 7) is 0. The van der Waals surface area contributed by atoms with Crippen LogP contribution in [0.15, 0.2) is 0 Å². The van der Waals surface area contributed by atoms with Crippen molar-refractivity contribution in [3.05, 3.63) is 0 Å². The van der Waals surface area contributed by atoms with Crippen molar-refractivity contribution in [2.75, 3.05) is 0 Å². The number of hydrogen-bond donors (Lipinski definition) is 0. The summed E-state index contributed by atoms with van der Waals surface area (Å²) in [5, 5.41) is 0.260. The van der Waals surface area contributed by atoms with E-state index in [2.05, 4.69) is 0 Å². The number of rotatable bonds is 0. The highest BCUT2D eigenvalue weighted by atomic mass is 35.5. The van der Waals surface area contributed by atoms with Gasteiger partial charge in [0.15, 0.2) is 0 Å². The molecule has 3 aliphatic carbocycles. The molecule has 0 aliphatic heterocycles. The molecule has 0 spiro atoms. The Labute approximate surface area is 93.9 Å². The van der Waals surface area contributed by atoms with E-state index in [1.807, 2.05) is 0 Å². The number of halogens is 3. The van der Waals surface area contributed by atoms with Gasteiger partial charge < -0.3 is 0 Å². The normalized spacial score (nSPS) is 64.4. The molecule has 0 heterocycles. The van der Waals surface area contributed by atoms with E-state index in [1.54, 1.807) is 0 Å². The molecule has 6 unspecified atom stereocenters. The molecule has 2 bridgehead atoms. The monoisotopic (exact) mass is 238 g/mol. The van der Waals surface area contributed by atoms with Crippen molar-refractivity contribution in [3.63, 3.8) is 0 Å². The highest BCUT2D eigenvalue weighted by Gasteiger charge is 2.60. The van der Waals surface area contributed by atoms with Crippen LogP contribution in [0.25, 0.3) is 0 Å². The van der Waals surface area contributed by atoms with E-state index in [9.17, 15) is 0 Å². The van der Waals surface area contributed by atoms with Crippen LogP contribution in [0.5, 0.6) is 0 Å². The first-order valence-corrected chi connectivity index (χ1v) is 6.43. The van der Waals surface area contributed by atoms with E-state index in [1.165, 1.54) is 19.3 Å². The van der Waals surface area contributed by atoms with Gasteiger partial charge in [-0.3, -0.25) is 0 Å². The molecule has 3 heteroatoms. The van der Waals surface area contributed by atoms with E-state index in [-0.39, 0.29) is 16.1 Å². The van der Waals surface area contributed by atoms with Crippen LogP contribution in [0.4, 0.5) is 0 Å². The number of hydrogen-bond acceptors (Lipinski definition) is 0. The van der Waals surface area contributed by atoms with E-state index in [4.69, 9.17) is 34.8 Å². The summed E-state index contributed by atoms with van der Waals surface area (Å²) in [5.41, 5.74) is 0. The smallest absolute Gasteiger partial charge is 0.0669 e. The van der Waals surface area contributed by atoms with Crippen molar-refractivity contribution < 1.29 is 0 Å². The Morgan fingerprint density at radius 2 is 1.15 bits per heavy atom. The predicted octanol–water partition coefficient (Wildman–Crippen LogP) is 3.48. The Hall–Kier alpha value is 0.870. The molecule has 0 amide bonds. The van der Waals surface area contributed by atoms with Gasteiger partial charge in [-0.15, -0.1) is 34.8 Å². The zero-order chi connectivity index (χ0) is 9.16. The predicted molar refractivity (Wildman–Crippen MR) is 56.7 cm³/mol. The van der Waals surface area contributed by atoms with Crippen LogP contribution >= 0.6 is 34.8 Å². The summed E-state index contributed by atoms with van der Waals surface area (Å²) in [5.74, 6) is 2.93. The van der Waals surface area contributed by atoms with Crippen molar-refractivity contribution in [2.24, 2.45) is 23.7 Å². The number of alkyl halides is 3. The maximum absolute atomic E-state index is 6.34. The van der Waals surface area contributed by atoms with Gasteiger partial charge in [-0.2, -0.15) is 0 Å². The van der Waals surface area contributed by atoms with Crippen molar-refractivity contribution in [1.82, 2.24) is 0 Å². The van der Waals surface area contributed by atoms with E-state index < -0.39 is 0 Å². The standard InChI is InChI=1S/C10H13Cl3/c11-8-6-4-1-2-5(3-4)7(6)9(12)10(8)13/h4-10H,1-3H2. The molecule has 13 heavy (non-hydrogen) atoms. The fourth-order valence-corrected chi connectivity index (χ4v) is 5.40. The Morgan fingerprint density at radius 3 is 1.62 bits per heavy atom. The van der Waals surface area contributed by atoms with Crippen molar-refractivity contribution >= 4 is 34.8 Å². The zero-order valence-corrected chi connectivity index (χ0v) is 9.56. The summed E-state index contributed by atoms with van der Waals surface area (Å²) in [6, 6.07) is 0. The first kappa shape index (κ1) is 9.12. The molecular formula is C10H13Cl3. The van der Waals surface area contributed by atoms with Crippen LogP contribution in [-0.2, 0) is 0 Å². The topological polar surface area (TPSA) is 0 Å². The van der Waals surface area contributed by atoms with E-state index in [0.29, 0.717) is 11.8 Å². The lowest BCUT2D eigenvalue weighted by atomic mass is 9.81. The minimum absolute atomic E-state index is 0.00160. The molecule has 3 saturated carbocycles. The fourth-order valence-electron chi connectivity index (χ4n) is 3.93. The van der Waals surface area contributed by atoms with Crippen LogP contribution in [-0.4, -0.2) is 16.1 Å². The van der Waals surface area contributed by atoms with Gasteiger partial charge in [-0.25, -0.2) is 0 Å². The van der Waals surface area contributed by atoms with E-state index in [0.717, 1.165) is 11.8 Å². The molecular weight excluding hydrogens is 226 g/mol. The lowest BCUT2D eigenvalue weighted by Gasteiger charge is -2.26. The Bertz CT molecular complexity index is 208. The molecule has 0 aromatic carbocycles. The number of fused-ring (bicyclic) bond motifs is 5. The maximum atomic E-state index is 6.34. The van der Waals surface area contributed by atoms with Gasteiger partial charge in [0.25, 0.3) is 0 Å². The van der Waals surface area contributed by atoms with Gasteiger partial charge >= 0.3 is 0 Å². The molecule has 3 rings (SSSR count). The summed E-state index contributed by atoms with van der Waals surface area (Å²) in [4.78, 5) is 0. The van der Waals surface area contributed by atoms with Crippen LogP contribution in [0.3, 0.4) is 0 Å². The average Bonchev–Trinajstić information content (AvgIpc) is 2.76.